The van der Waals surface area contributed by atoms with E-state index in [1.165, 1.54) is 6.07 Å². The zero-order valence-electron chi connectivity index (χ0n) is 6.73. The van der Waals surface area contributed by atoms with E-state index in [0.717, 1.165) is 12.1 Å². The lowest BCUT2D eigenvalue weighted by Gasteiger charge is -1.94. The summed E-state index contributed by atoms with van der Waals surface area (Å²) in [6.07, 6.45) is 0. The highest BCUT2D eigenvalue weighted by Crippen LogP contribution is 2.35. The summed E-state index contributed by atoms with van der Waals surface area (Å²) < 4.78 is 13.1. The van der Waals surface area contributed by atoms with Gasteiger partial charge in [0.15, 0.2) is 5.13 Å². The van der Waals surface area contributed by atoms with E-state index in [2.05, 4.69) is 0 Å². The molecule has 0 bridgehead atoms. The minimum atomic E-state index is -0.641. The first-order valence-electron chi connectivity index (χ1n) is 3.64. The van der Waals surface area contributed by atoms with Gasteiger partial charge in [-0.3, -0.25) is 10.1 Å². The number of phenols is 1. The molecule has 1 aromatic carbocycles. The Morgan fingerprint density at radius 3 is 2.79 bits per heavy atom. The molecule has 72 valence electrons. The van der Waals surface area contributed by atoms with Gasteiger partial charge in [0.05, 0.1) is 11.0 Å². The molecular weight excluding hydrogens is 209 g/mol. The van der Waals surface area contributed by atoms with Crippen molar-refractivity contribution < 1.29 is 14.4 Å². The summed E-state index contributed by atoms with van der Waals surface area (Å²) in [6.45, 7) is 0. The Bertz CT molecular complexity index is 523. The van der Waals surface area contributed by atoms with E-state index in [4.69, 9.17) is 5.11 Å². The number of nitrogens with zero attached hydrogens (tertiary/aromatic N) is 1. The van der Waals surface area contributed by atoms with Crippen LogP contribution < -0.4 is 0 Å². The second-order valence-electron chi connectivity index (χ2n) is 2.69. The molecule has 0 aliphatic rings. The van der Waals surface area contributed by atoms with Gasteiger partial charge in [-0.1, -0.05) is 11.3 Å². The number of rotatable bonds is 1. The highest BCUT2D eigenvalue weighted by atomic mass is 32.1. The van der Waals surface area contributed by atoms with Crippen molar-refractivity contribution in [3.05, 3.63) is 33.4 Å². The molecule has 0 saturated carbocycles. The SMILES string of the molecule is O=[N+]([O-])c1cc(O)cc2cc(F)sc12. The first-order valence-corrected chi connectivity index (χ1v) is 4.46. The van der Waals surface area contributed by atoms with Crippen molar-refractivity contribution in [3.63, 3.8) is 0 Å². The number of halogens is 1. The van der Waals surface area contributed by atoms with Crippen molar-refractivity contribution in [2.75, 3.05) is 0 Å². The van der Waals surface area contributed by atoms with Gasteiger partial charge in [-0.05, 0) is 12.1 Å². The fourth-order valence-electron chi connectivity index (χ4n) is 1.22. The number of benzene rings is 1. The van der Waals surface area contributed by atoms with Crippen LogP contribution in [0.5, 0.6) is 5.75 Å². The summed E-state index contributed by atoms with van der Waals surface area (Å²) in [5.74, 6) is -0.234. The standard InChI is InChI=1S/C8H4FNO3S/c9-7-2-4-1-5(11)3-6(10(12)13)8(4)14-7/h1-3,11H. The van der Waals surface area contributed by atoms with Crippen LogP contribution in [-0.2, 0) is 0 Å². The monoisotopic (exact) mass is 213 g/mol. The molecule has 0 amide bonds. The first-order chi connectivity index (χ1) is 6.58. The molecule has 2 aromatic rings. The van der Waals surface area contributed by atoms with Crippen LogP contribution in [0.2, 0.25) is 0 Å². The third-order valence-electron chi connectivity index (χ3n) is 1.75. The van der Waals surface area contributed by atoms with Gasteiger partial charge in [0.1, 0.15) is 10.4 Å². The molecule has 4 nitrogen and oxygen atoms in total. The summed E-state index contributed by atoms with van der Waals surface area (Å²) in [5.41, 5.74) is -0.270. The largest absolute Gasteiger partial charge is 0.508 e. The maximum Gasteiger partial charge on any atom is 0.290 e. The van der Waals surface area contributed by atoms with Crippen molar-refractivity contribution >= 4 is 27.1 Å². The zero-order chi connectivity index (χ0) is 10.3. The molecule has 1 aromatic heterocycles. The average Bonchev–Trinajstić information content (AvgIpc) is 2.42. The molecule has 0 saturated heterocycles. The quantitative estimate of drug-likeness (QED) is 0.585. The number of hydrogen-bond donors (Lipinski definition) is 1. The number of non-ortho nitro benzene ring substituents is 1. The van der Waals surface area contributed by atoms with Crippen LogP contribution in [0.1, 0.15) is 0 Å². The lowest BCUT2D eigenvalue weighted by Crippen LogP contribution is -1.86. The second kappa shape index (κ2) is 2.91. The van der Waals surface area contributed by atoms with Gasteiger partial charge in [-0.2, -0.15) is 4.39 Å². The fourth-order valence-corrected chi connectivity index (χ4v) is 2.08. The topological polar surface area (TPSA) is 63.4 Å². The summed E-state index contributed by atoms with van der Waals surface area (Å²) in [6, 6.07) is 3.47. The molecule has 0 aliphatic carbocycles. The Hall–Kier alpha value is -1.69. The van der Waals surface area contributed by atoms with Gasteiger partial charge in [0, 0.05) is 5.39 Å². The summed E-state index contributed by atoms with van der Waals surface area (Å²) in [5, 5.41) is 19.5. The molecular formula is C8H4FNO3S. The van der Waals surface area contributed by atoms with Crippen LogP contribution in [0.25, 0.3) is 10.1 Å². The minimum absolute atomic E-state index is 0.234. The van der Waals surface area contributed by atoms with E-state index in [1.54, 1.807) is 0 Å². The molecule has 6 heteroatoms. The maximum atomic E-state index is 12.8. The Morgan fingerprint density at radius 2 is 2.14 bits per heavy atom. The fraction of sp³-hybridized carbons (Fsp3) is 0. The van der Waals surface area contributed by atoms with E-state index >= 15 is 0 Å². The van der Waals surface area contributed by atoms with Crippen LogP contribution in [0.3, 0.4) is 0 Å². The normalized spacial score (nSPS) is 10.6. The molecule has 2 rings (SSSR count). The molecule has 1 N–H and O–H groups in total. The van der Waals surface area contributed by atoms with Gasteiger partial charge in [0.2, 0.25) is 0 Å². The lowest BCUT2D eigenvalue weighted by atomic mass is 10.2. The number of hydrogen-bond acceptors (Lipinski definition) is 4. The van der Waals surface area contributed by atoms with E-state index in [9.17, 15) is 14.5 Å². The van der Waals surface area contributed by atoms with Crippen molar-refractivity contribution in [1.29, 1.82) is 0 Å². The smallest absolute Gasteiger partial charge is 0.290 e. The maximum absolute atomic E-state index is 12.8. The highest BCUT2D eigenvalue weighted by molar-refractivity contribution is 7.18. The number of nitro benzene ring substituents is 1. The van der Waals surface area contributed by atoms with Crippen molar-refractivity contribution in [2.24, 2.45) is 0 Å². The summed E-state index contributed by atoms with van der Waals surface area (Å²) >= 11 is 0.696. The van der Waals surface area contributed by atoms with E-state index in [1.807, 2.05) is 0 Å². The highest BCUT2D eigenvalue weighted by Gasteiger charge is 2.16. The van der Waals surface area contributed by atoms with Crippen LogP contribution in [0.4, 0.5) is 10.1 Å². The van der Waals surface area contributed by atoms with Gasteiger partial charge in [-0.25, -0.2) is 0 Å². The van der Waals surface area contributed by atoms with E-state index in [0.29, 0.717) is 16.7 Å². The molecule has 0 spiro atoms. The summed E-state index contributed by atoms with van der Waals surface area (Å²) in [4.78, 5) is 9.91. The molecule has 0 atom stereocenters. The second-order valence-corrected chi connectivity index (χ2v) is 3.69. The predicted octanol–water partition coefficient (Wildman–Crippen LogP) is 2.65. The van der Waals surface area contributed by atoms with Crippen LogP contribution in [0, 0.1) is 15.2 Å². The van der Waals surface area contributed by atoms with E-state index in [-0.39, 0.29) is 16.1 Å². The third-order valence-corrected chi connectivity index (χ3v) is 2.71. The molecule has 0 unspecified atom stereocenters. The number of thiophene rings is 1. The third kappa shape index (κ3) is 1.29. The molecule has 0 radical (unpaired) electrons. The predicted molar refractivity (Wildman–Crippen MR) is 50.1 cm³/mol. The lowest BCUT2D eigenvalue weighted by molar-refractivity contribution is -0.382. The number of nitro groups is 1. The molecule has 1 heterocycles. The van der Waals surface area contributed by atoms with E-state index < -0.39 is 10.1 Å². The Morgan fingerprint density at radius 1 is 1.43 bits per heavy atom. The molecule has 14 heavy (non-hydrogen) atoms. The van der Waals surface area contributed by atoms with Gasteiger partial charge in [-0.15, -0.1) is 0 Å². The Balaban J connectivity index is 2.85. The first kappa shape index (κ1) is 8.89. The summed E-state index contributed by atoms with van der Waals surface area (Å²) in [7, 11) is 0. The number of fused-ring (bicyclic) bond motifs is 1. The molecule has 0 aliphatic heterocycles. The zero-order valence-corrected chi connectivity index (χ0v) is 7.55. The van der Waals surface area contributed by atoms with Gasteiger partial charge in [0.25, 0.3) is 5.69 Å². The Kier molecular flexibility index (Phi) is 1.85. The van der Waals surface area contributed by atoms with Crippen LogP contribution in [0.15, 0.2) is 18.2 Å². The minimum Gasteiger partial charge on any atom is -0.508 e. The van der Waals surface area contributed by atoms with Gasteiger partial charge >= 0.3 is 0 Å². The van der Waals surface area contributed by atoms with Crippen molar-refractivity contribution in [1.82, 2.24) is 0 Å². The number of phenolic OH excluding ortho intramolecular Hbond substituents is 1. The Labute approximate surface area is 81.4 Å². The number of aromatic hydroxyl groups is 1. The van der Waals surface area contributed by atoms with Crippen LogP contribution in [-0.4, -0.2) is 10.0 Å². The van der Waals surface area contributed by atoms with Crippen molar-refractivity contribution in [3.8, 4) is 5.75 Å². The van der Waals surface area contributed by atoms with Gasteiger partial charge < -0.3 is 5.11 Å². The average molecular weight is 213 g/mol. The van der Waals surface area contributed by atoms with Crippen molar-refractivity contribution in [2.45, 2.75) is 0 Å². The van der Waals surface area contributed by atoms with Crippen LogP contribution >= 0.6 is 11.3 Å². The molecule has 0 fully saturated rings.